The number of rotatable bonds is 3. The molecule has 0 saturated carbocycles. The van der Waals surface area contributed by atoms with Gasteiger partial charge in [0.1, 0.15) is 24.2 Å². The Morgan fingerprint density at radius 3 is 3.00 bits per heavy atom. The summed E-state index contributed by atoms with van der Waals surface area (Å²) in [7, 11) is 0. The van der Waals surface area contributed by atoms with E-state index in [9.17, 15) is 14.7 Å². The topological polar surface area (TPSA) is 142 Å². The smallest absolute Gasteiger partial charge is 0.329 e. The maximum absolute atomic E-state index is 12.2. The number of fused-ring (bicyclic) bond motifs is 1. The second-order valence-electron chi connectivity index (χ2n) is 5.02. The SMILES string of the molecule is CC(=O)Nc1ncnc2c1[nH]c(=O)n2[C@H]1C[C@H](O)[C@@H](CO)O1. The van der Waals surface area contributed by atoms with Gasteiger partial charge in [-0.25, -0.2) is 19.3 Å². The standard InChI is InChI=1S/C12H15N5O5/c1-5(19)15-10-9-11(14-4-13-10)17(12(21)16-9)8-2-6(20)7(3-18)22-8/h4,6-8,18,20H,2-3H2,1H3,(H,16,21)(H,13,14,15,19)/t6-,7+,8+/m0/s1. The van der Waals surface area contributed by atoms with Crippen molar-refractivity contribution in [1.82, 2.24) is 19.5 Å². The summed E-state index contributed by atoms with van der Waals surface area (Å²) in [6, 6.07) is 0. The van der Waals surface area contributed by atoms with Crippen LogP contribution in [0.5, 0.6) is 0 Å². The molecular weight excluding hydrogens is 294 g/mol. The van der Waals surface area contributed by atoms with Crippen LogP contribution in [0, 0.1) is 0 Å². The Kier molecular flexibility index (Phi) is 3.64. The molecule has 10 nitrogen and oxygen atoms in total. The Morgan fingerprint density at radius 2 is 2.36 bits per heavy atom. The molecule has 0 bridgehead atoms. The highest BCUT2D eigenvalue weighted by molar-refractivity contribution is 5.95. The first-order valence-electron chi connectivity index (χ1n) is 6.68. The Bertz CT molecular complexity index is 769. The highest BCUT2D eigenvalue weighted by Crippen LogP contribution is 2.30. The van der Waals surface area contributed by atoms with Crippen molar-refractivity contribution in [3.8, 4) is 0 Å². The van der Waals surface area contributed by atoms with Gasteiger partial charge in [0, 0.05) is 13.3 Å². The predicted molar refractivity (Wildman–Crippen MR) is 74.1 cm³/mol. The molecular formula is C12H15N5O5. The van der Waals surface area contributed by atoms with Crippen LogP contribution in [0.2, 0.25) is 0 Å². The van der Waals surface area contributed by atoms with Crippen LogP contribution in [0.15, 0.2) is 11.1 Å². The van der Waals surface area contributed by atoms with Crippen molar-refractivity contribution in [1.29, 1.82) is 0 Å². The summed E-state index contributed by atoms with van der Waals surface area (Å²) in [5.41, 5.74) is 0.0191. The number of imidazole rings is 1. The number of anilines is 1. The minimum absolute atomic E-state index is 0.150. The molecule has 0 aliphatic carbocycles. The third kappa shape index (κ3) is 2.36. The Hall–Kier alpha value is -2.30. The van der Waals surface area contributed by atoms with Gasteiger partial charge in [-0.3, -0.25) is 4.79 Å². The molecule has 3 atom stereocenters. The molecule has 1 aliphatic rings. The van der Waals surface area contributed by atoms with Crippen molar-refractivity contribution in [3.05, 3.63) is 16.8 Å². The lowest BCUT2D eigenvalue weighted by molar-refractivity contribution is -0.114. The molecule has 1 aliphatic heterocycles. The number of aromatic amines is 1. The number of aliphatic hydroxyl groups excluding tert-OH is 2. The number of nitrogens with one attached hydrogen (secondary N) is 2. The first-order valence-corrected chi connectivity index (χ1v) is 6.68. The molecule has 3 rings (SSSR count). The highest BCUT2D eigenvalue weighted by Gasteiger charge is 2.36. The normalized spacial score (nSPS) is 24.8. The Labute approximate surface area is 123 Å². The molecule has 0 spiro atoms. The summed E-state index contributed by atoms with van der Waals surface area (Å²) >= 11 is 0. The monoisotopic (exact) mass is 309 g/mol. The number of amides is 1. The molecule has 22 heavy (non-hydrogen) atoms. The molecule has 1 fully saturated rings. The van der Waals surface area contributed by atoms with Crippen molar-refractivity contribution < 1.29 is 19.7 Å². The summed E-state index contributed by atoms with van der Waals surface area (Å²) in [6.45, 7) is 0.978. The van der Waals surface area contributed by atoms with Gasteiger partial charge in [-0.2, -0.15) is 0 Å². The molecule has 2 aromatic rings. The summed E-state index contributed by atoms with van der Waals surface area (Å²) in [6.07, 6.45) is -1.01. The van der Waals surface area contributed by atoms with E-state index >= 15 is 0 Å². The van der Waals surface area contributed by atoms with E-state index in [2.05, 4.69) is 20.3 Å². The van der Waals surface area contributed by atoms with E-state index in [0.717, 1.165) is 0 Å². The van der Waals surface area contributed by atoms with Gasteiger partial charge in [0.15, 0.2) is 11.5 Å². The van der Waals surface area contributed by atoms with Crippen LogP contribution in [0.3, 0.4) is 0 Å². The molecule has 3 heterocycles. The molecule has 0 radical (unpaired) electrons. The maximum Gasteiger partial charge on any atom is 0.329 e. The second-order valence-corrected chi connectivity index (χ2v) is 5.02. The van der Waals surface area contributed by atoms with Crippen molar-refractivity contribution in [3.63, 3.8) is 0 Å². The van der Waals surface area contributed by atoms with Gasteiger partial charge in [-0.1, -0.05) is 0 Å². The van der Waals surface area contributed by atoms with Gasteiger partial charge >= 0.3 is 5.69 Å². The molecule has 1 amide bonds. The first-order chi connectivity index (χ1) is 10.5. The number of carbonyl (C=O) groups excluding carboxylic acids is 1. The fourth-order valence-corrected chi connectivity index (χ4v) is 2.50. The van der Waals surface area contributed by atoms with E-state index < -0.39 is 24.1 Å². The minimum Gasteiger partial charge on any atom is -0.394 e. The fraction of sp³-hybridized carbons (Fsp3) is 0.500. The number of carbonyl (C=O) groups is 1. The number of hydrogen-bond donors (Lipinski definition) is 4. The number of nitrogens with zero attached hydrogens (tertiary/aromatic N) is 3. The van der Waals surface area contributed by atoms with E-state index in [1.807, 2.05) is 0 Å². The van der Waals surface area contributed by atoms with Crippen LogP contribution in [0.25, 0.3) is 11.2 Å². The van der Waals surface area contributed by atoms with Crippen molar-refractivity contribution >= 4 is 22.9 Å². The Balaban J connectivity index is 2.06. The lowest BCUT2D eigenvalue weighted by Gasteiger charge is -2.12. The van der Waals surface area contributed by atoms with E-state index in [-0.39, 0.29) is 35.9 Å². The van der Waals surface area contributed by atoms with E-state index in [4.69, 9.17) is 9.84 Å². The zero-order valence-corrected chi connectivity index (χ0v) is 11.7. The fourth-order valence-electron chi connectivity index (χ4n) is 2.50. The van der Waals surface area contributed by atoms with Gasteiger partial charge < -0.3 is 25.3 Å². The van der Waals surface area contributed by atoms with Crippen molar-refractivity contribution in [2.24, 2.45) is 0 Å². The van der Waals surface area contributed by atoms with E-state index in [1.165, 1.54) is 17.8 Å². The Morgan fingerprint density at radius 1 is 1.59 bits per heavy atom. The number of ether oxygens (including phenoxy) is 1. The summed E-state index contributed by atoms with van der Waals surface area (Å²) in [4.78, 5) is 33.9. The largest absolute Gasteiger partial charge is 0.394 e. The number of aromatic nitrogens is 4. The van der Waals surface area contributed by atoms with E-state index in [0.29, 0.717) is 0 Å². The van der Waals surface area contributed by atoms with Crippen LogP contribution in [0.4, 0.5) is 5.82 Å². The third-order valence-corrected chi connectivity index (χ3v) is 3.47. The third-order valence-electron chi connectivity index (χ3n) is 3.47. The molecule has 118 valence electrons. The predicted octanol–water partition coefficient (Wildman–Crippen LogP) is -1.28. The lowest BCUT2D eigenvalue weighted by Crippen LogP contribution is -2.25. The zero-order valence-electron chi connectivity index (χ0n) is 11.7. The highest BCUT2D eigenvalue weighted by atomic mass is 16.5. The zero-order chi connectivity index (χ0) is 15.9. The molecule has 10 heteroatoms. The van der Waals surface area contributed by atoms with Crippen LogP contribution in [0.1, 0.15) is 19.6 Å². The van der Waals surface area contributed by atoms with Gasteiger partial charge in [0.25, 0.3) is 0 Å². The number of H-pyrrole nitrogens is 1. The molecule has 1 saturated heterocycles. The number of hydrogen-bond acceptors (Lipinski definition) is 7. The first kappa shape index (κ1) is 14.6. The van der Waals surface area contributed by atoms with Gasteiger partial charge in [-0.05, 0) is 0 Å². The molecule has 2 aromatic heterocycles. The second kappa shape index (κ2) is 5.48. The molecule has 4 N–H and O–H groups in total. The van der Waals surface area contributed by atoms with Crippen molar-refractivity contribution in [2.45, 2.75) is 31.8 Å². The quantitative estimate of drug-likeness (QED) is 0.553. The maximum atomic E-state index is 12.2. The van der Waals surface area contributed by atoms with Crippen LogP contribution >= 0.6 is 0 Å². The van der Waals surface area contributed by atoms with Crippen LogP contribution in [-0.2, 0) is 9.53 Å². The average molecular weight is 309 g/mol. The summed E-state index contributed by atoms with van der Waals surface area (Å²) < 4.78 is 6.71. The summed E-state index contributed by atoms with van der Waals surface area (Å²) in [5.74, 6) is -0.146. The van der Waals surface area contributed by atoms with Gasteiger partial charge in [-0.15, -0.1) is 0 Å². The average Bonchev–Trinajstić information content (AvgIpc) is 2.98. The lowest BCUT2D eigenvalue weighted by atomic mass is 10.2. The van der Waals surface area contributed by atoms with Crippen LogP contribution < -0.4 is 11.0 Å². The molecule has 0 aromatic carbocycles. The minimum atomic E-state index is -0.872. The molecule has 0 unspecified atom stereocenters. The van der Waals surface area contributed by atoms with E-state index in [1.54, 1.807) is 0 Å². The van der Waals surface area contributed by atoms with Gasteiger partial charge in [0.2, 0.25) is 5.91 Å². The summed E-state index contributed by atoms with van der Waals surface area (Å²) in [5, 5.41) is 21.4. The van der Waals surface area contributed by atoms with Crippen LogP contribution in [-0.4, -0.2) is 54.5 Å². The van der Waals surface area contributed by atoms with Gasteiger partial charge in [0.05, 0.1) is 12.7 Å². The van der Waals surface area contributed by atoms with Crippen molar-refractivity contribution in [2.75, 3.05) is 11.9 Å². The number of aliphatic hydroxyl groups is 2.